The summed E-state index contributed by atoms with van der Waals surface area (Å²) in [4.78, 5) is 11.2. The molecule has 0 heterocycles. The van der Waals surface area contributed by atoms with Gasteiger partial charge in [0.25, 0.3) is 0 Å². The van der Waals surface area contributed by atoms with E-state index < -0.39 is 0 Å². The number of amides is 1. The lowest BCUT2D eigenvalue weighted by molar-refractivity contribution is -0.116. The van der Waals surface area contributed by atoms with Crippen molar-refractivity contribution >= 4 is 27.5 Å². The second-order valence-electron chi connectivity index (χ2n) is 3.05. The van der Waals surface area contributed by atoms with Crippen LogP contribution in [0.15, 0.2) is 22.7 Å². The van der Waals surface area contributed by atoms with E-state index >= 15 is 0 Å². The van der Waals surface area contributed by atoms with E-state index in [1.54, 1.807) is 0 Å². The Morgan fingerprint density at radius 3 is 2.86 bits per heavy atom. The molecule has 0 aliphatic carbocycles. The zero-order chi connectivity index (χ0) is 10.6. The topological polar surface area (TPSA) is 55.1 Å². The van der Waals surface area contributed by atoms with Crippen molar-refractivity contribution in [3.63, 3.8) is 0 Å². The van der Waals surface area contributed by atoms with E-state index in [9.17, 15) is 4.79 Å². The maximum atomic E-state index is 11.2. The molecule has 3 N–H and O–H groups in total. The van der Waals surface area contributed by atoms with Crippen LogP contribution in [0.1, 0.15) is 12.0 Å². The number of aryl methyl sites for hydroxylation is 1. The van der Waals surface area contributed by atoms with Crippen LogP contribution in [0.4, 0.5) is 5.69 Å². The number of rotatable bonds is 3. The molecule has 1 aromatic rings. The molecule has 0 aliphatic rings. The fraction of sp³-hybridized carbons (Fsp3) is 0.300. The summed E-state index contributed by atoms with van der Waals surface area (Å²) in [6.07, 6.45) is 0.357. The minimum Gasteiger partial charge on any atom is -0.330 e. The molecule has 1 amide bonds. The lowest BCUT2D eigenvalue weighted by Gasteiger charge is -2.07. The van der Waals surface area contributed by atoms with Gasteiger partial charge in [0.1, 0.15) is 0 Å². The summed E-state index contributed by atoms with van der Waals surface area (Å²) in [5, 5.41) is 2.80. The highest BCUT2D eigenvalue weighted by molar-refractivity contribution is 9.10. The summed E-state index contributed by atoms with van der Waals surface area (Å²) in [6, 6.07) is 5.72. The number of carbonyl (C=O) groups is 1. The fourth-order valence-electron chi connectivity index (χ4n) is 1.11. The third-order valence-electron chi connectivity index (χ3n) is 1.83. The zero-order valence-corrected chi connectivity index (χ0v) is 9.60. The standard InChI is InChI=1S/C10H13BrN2O/c1-7-6-8(11)2-3-9(7)13-10(14)4-5-12/h2-3,6H,4-5,12H2,1H3,(H,13,14). The number of carbonyl (C=O) groups excluding carboxylic acids is 1. The van der Waals surface area contributed by atoms with Gasteiger partial charge in [-0.15, -0.1) is 0 Å². The molecule has 0 fully saturated rings. The Morgan fingerprint density at radius 2 is 2.29 bits per heavy atom. The Kier molecular flexibility index (Phi) is 4.10. The molecular formula is C10H13BrN2O. The number of halogens is 1. The normalized spacial score (nSPS) is 9.93. The number of nitrogens with one attached hydrogen (secondary N) is 1. The molecule has 0 saturated heterocycles. The SMILES string of the molecule is Cc1cc(Br)ccc1NC(=O)CCN. The molecule has 0 radical (unpaired) electrons. The van der Waals surface area contributed by atoms with Gasteiger partial charge >= 0.3 is 0 Å². The largest absolute Gasteiger partial charge is 0.330 e. The van der Waals surface area contributed by atoms with Crippen molar-refractivity contribution in [1.29, 1.82) is 0 Å². The first-order chi connectivity index (χ1) is 6.63. The molecule has 0 aromatic heterocycles. The molecule has 0 saturated carbocycles. The molecule has 3 nitrogen and oxygen atoms in total. The highest BCUT2D eigenvalue weighted by Crippen LogP contribution is 2.19. The quantitative estimate of drug-likeness (QED) is 0.870. The Balaban J connectivity index is 2.72. The lowest BCUT2D eigenvalue weighted by Crippen LogP contribution is -2.16. The summed E-state index contributed by atoms with van der Waals surface area (Å²) in [6.45, 7) is 2.32. The molecule has 0 spiro atoms. The number of hydrogen-bond acceptors (Lipinski definition) is 2. The number of hydrogen-bond donors (Lipinski definition) is 2. The predicted molar refractivity (Wildman–Crippen MR) is 61.2 cm³/mol. The van der Waals surface area contributed by atoms with Gasteiger partial charge < -0.3 is 11.1 Å². The van der Waals surface area contributed by atoms with Gasteiger partial charge in [0, 0.05) is 23.1 Å². The number of benzene rings is 1. The van der Waals surface area contributed by atoms with Gasteiger partial charge in [-0.25, -0.2) is 0 Å². The van der Waals surface area contributed by atoms with Crippen molar-refractivity contribution in [2.24, 2.45) is 5.73 Å². The third kappa shape index (κ3) is 3.12. The van der Waals surface area contributed by atoms with Crippen molar-refractivity contribution in [2.75, 3.05) is 11.9 Å². The van der Waals surface area contributed by atoms with Crippen LogP contribution in [-0.2, 0) is 4.79 Å². The molecule has 0 aliphatic heterocycles. The summed E-state index contributed by atoms with van der Waals surface area (Å²) < 4.78 is 1.01. The first kappa shape index (κ1) is 11.2. The molecule has 14 heavy (non-hydrogen) atoms. The van der Waals surface area contributed by atoms with Crippen molar-refractivity contribution in [3.05, 3.63) is 28.2 Å². The molecular weight excluding hydrogens is 244 g/mol. The van der Waals surface area contributed by atoms with Crippen molar-refractivity contribution < 1.29 is 4.79 Å². The van der Waals surface area contributed by atoms with Gasteiger partial charge in [-0.1, -0.05) is 15.9 Å². The van der Waals surface area contributed by atoms with Crippen molar-refractivity contribution in [2.45, 2.75) is 13.3 Å². The van der Waals surface area contributed by atoms with Gasteiger partial charge in [-0.05, 0) is 30.7 Å². The van der Waals surface area contributed by atoms with E-state index in [0.717, 1.165) is 15.7 Å². The third-order valence-corrected chi connectivity index (χ3v) is 2.33. The van der Waals surface area contributed by atoms with Gasteiger partial charge in [0.15, 0.2) is 0 Å². The summed E-state index contributed by atoms with van der Waals surface area (Å²) in [7, 11) is 0. The smallest absolute Gasteiger partial charge is 0.225 e. The zero-order valence-electron chi connectivity index (χ0n) is 8.01. The Hall–Kier alpha value is -0.870. The van der Waals surface area contributed by atoms with Crippen LogP contribution < -0.4 is 11.1 Å². The average Bonchev–Trinajstić information content (AvgIpc) is 2.10. The second kappa shape index (κ2) is 5.12. The second-order valence-corrected chi connectivity index (χ2v) is 3.96. The summed E-state index contributed by atoms with van der Waals surface area (Å²) in [5.41, 5.74) is 7.15. The van der Waals surface area contributed by atoms with Crippen LogP contribution in [-0.4, -0.2) is 12.5 Å². The minimum atomic E-state index is -0.0436. The van der Waals surface area contributed by atoms with E-state index in [1.807, 2.05) is 25.1 Å². The number of anilines is 1. The van der Waals surface area contributed by atoms with E-state index in [0.29, 0.717) is 13.0 Å². The van der Waals surface area contributed by atoms with Crippen LogP contribution in [0.25, 0.3) is 0 Å². The highest BCUT2D eigenvalue weighted by atomic mass is 79.9. The van der Waals surface area contributed by atoms with E-state index in [1.165, 1.54) is 0 Å². The van der Waals surface area contributed by atoms with Crippen molar-refractivity contribution in [1.82, 2.24) is 0 Å². The van der Waals surface area contributed by atoms with Crippen LogP contribution in [0, 0.1) is 6.92 Å². The maximum absolute atomic E-state index is 11.2. The van der Waals surface area contributed by atoms with E-state index in [2.05, 4.69) is 21.2 Å². The predicted octanol–water partition coefficient (Wildman–Crippen LogP) is 2.04. The van der Waals surface area contributed by atoms with E-state index in [-0.39, 0.29) is 5.91 Å². The minimum absolute atomic E-state index is 0.0436. The van der Waals surface area contributed by atoms with Crippen LogP contribution in [0.3, 0.4) is 0 Å². The summed E-state index contributed by atoms with van der Waals surface area (Å²) in [5.74, 6) is -0.0436. The van der Waals surface area contributed by atoms with Crippen LogP contribution in [0.5, 0.6) is 0 Å². The molecule has 1 aromatic carbocycles. The Morgan fingerprint density at radius 1 is 1.57 bits per heavy atom. The first-order valence-electron chi connectivity index (χ1n) is 4.39. The Bertz CT molecular complexity index is 339. The van der Waals surface area contributed by atoms with Crippen LogP contribution >= 0.6 is 15.9 Å². The number of nitrogens with two attached hydrogens (primary N) is 1. The first-order valence-corrected chi connectivity index (χ1v) is 5.19. The molecule has 0 bridgehead atoms. The molecule has 1 rings (SSSR count). The maximum Gasteiger partial charge on any atom is 0.225 e. The lowest BCUT2D eigenvalue weighted by atomic mass is 10.2. The fourth-order valence-corrected chi connectivity index (χ4v) is 1.59. The molecule has 0 unspecified atom stereocenters. The molecule has 76 valence electrons. The summed E-state index contributed by atoms with van der Waals surface area (Å²) >= 11 is 3.36. The van der Waals surface area contributed by atoms with Crippen LogP contribution in [0.2, 0.25) is 0 Å². The van der Waals surface area contributed by atoms with Gasteiger partial charge in [-0.3, -0.25) is 4.79 Å². The van der Waals surface area contributed by atoms with Gasteiger partial charge in [-0.2, -0.15) is 0 Å². The molecule has 0 atom stereocenters. The van der Waals surface area contributed by atoms with E-state index in [4.69, 9.17) is 5.73 Å². The average molecular weight is 257 g/mol. The highest BCUT2D eigenvalue weighted by Gasteiger charge is 2.03. The van der Waals surface area contributed by atoms with Gasteiger partial charge in [0.05, 0.1) is 0 Å². The monoisotopic (exact) mass is 256 g/mol. The van der Waals surface area contributed by atoms with Crippen molar-refractivity contribution in [3.8, 4) is 0 Å². The Labute approximate surface area is 91.8 Å². The van der Waals surface area contributed by atoms with Gasteiger partial charge in [0.2, 0.25) is 5.91 Å². The molecule has 4 heteroatoms.